The number of ether oxygens (including phenoxy) is 1. The molecular formula is C21H22ClN3O2S. The second-order valence-corrected chi connectivity index (χ2v) is 8.40. The maximum Gasteiger partial charge on any atom is 0.209 e. The minimum atomic E-state index is -0.286. The summed E-state index contributed by atoms with van der Waals surface area (Å²) in [7, 11) is 0. The van der Waals surface area contributed by atoms with Crippen LogP contribution in [0.15, 0.2) is 41.6 Å². The van der Waals surface area contributed by atoms with E-state index in [0.29, 0.717) is 27.3 Å². The molecule has 0 fully saturated rings. The first-order valence-electron chi connectivity index (χ1n) is 8.92. The van der Waals surface area contributed by atoms with Crippen molar-refractivity contribution < 1.29 is 9.53 Å². The zero-order valence-electron chi connectivity index (χ0n) is 16.2. The van der Waals surface area contributed by atoms with Crippen LogP contribution in [0.5, 0.6) is 5.75 Å². The normalized spacial score (nSPS) is 12.0. The number of Topliss-reactive ketones (excluding diaryl/α,β-unsaturated/α-hetero) is 1. The molecule has 146 valence electrons. The largest absolute Gasteiger partial charge is 0.486 e. The molecule has 28 heavy (non-hydrogen) atoms. The summed E-state index contributed by atoms with van der Waals surface area (Å²) in [5.41, 5.74) is 3.94. The monoisotopic (exact) mass is 415 g/mol. The third-order valence-corrected chi connectivity index (χ3v) is 5.84. The Morgan fingerprint density at radius 2 is 1.93 bits per heavy atom. The van der Waals surface area contributed by atoms with Gasteiger partial charge in [0.15, 0.2) is 11.6 Å². The molecule has 0 aliphatic heterocycles. The Labute approximate surface area is 173 Å². The summed E-state index contributed by atoms with van der Waals surface area (Å²) >= 11 is 7.35. The van der Waals surface area contributed by atoms with Crippen LogP contribution in [-0.4, -0.2) is 26.2 Å². The van der Waals surface area contributed by atoms with E-state index in [0.717, 1.165) is 11.1 Å². The predicted molar refractivity (Wildman–Crippen MR) is 112 cm³/mol. The molecule has 1 N–H and O–H groups in total. The molecule has 0 aliphatic rings. The summed E-state index contributed by atoms with van der Waals surface area (Å²) < 4.78 is 5.72. The van der Waals surface area contributed by atoms with Gasteiger partial charge >= 0.3 is 0 Å². The average molecular weight is 416 g/mol. The van der Waals surface area contributed by atoms with Crippen LogP contribution in [0.4, 0.5) is 0 Å². The fraction of sp³-hybridized carbons (Fsp3) is 0.286. The van der Waals surface area contributed by atoms with Crippen LogP contribution in [0, 0.1) is 20.8 Å². The number of thioether (sulfide) groups is 1. The van der Waals surface area contributed by atoms with Gasteiger partial charge in [0.2, 0.25) is 5.16 Å². The second kappa shape index (κ2) is 8.80. The number of rotatable bonds is 7. The van der Waals surface area contributed by atoms with E-state index in [2.05, 4.69) is 15.2 Å². The molecule has 0 unspecified atom stereocenters. The first-order chi connectivity index (χ1) is 13.3. The van der Waals surface area contributed by atoms with Crippen molar-refractivity contribution in [1.82, 2.24) is 15.2 Å². The Bertz CT molecular complexity index is 1000. The summed E-state index contributed by atoms with van der Waals surface area (Å²) in [6.07, 6.45) is 0. The minimum absolute atomic E-state index is 0.0624. The van der Waals surface area contributed by atoms with Gasteiger partial charge in [0.25, 0.3) is 0 Å². The molecule has 1 atom stereocenters. The lowest BCUT2D eigenvalue weighted by Crippen LogP contribution is -2.14. The van der Waals surface area contributed by atoms with E-state index in [9.17, 15) is 4.79 Å². The number of nitrogens with one attached hydrogen (secondary N) is 1. The highest BCUT2D eigenvalue weighted by atomic mass is 35.5. The quantitative estimate of drug-likeness (QED) is 0.417. The summed E-state index contributed by atoms with van der Waals surface area (Å²) in [5.74, 6) is 1.37. The Morgan fingerprint density at radius 3 is 2.64 bits per heavy atom. The van der Waals surface area contributed by atoms with Crippen LogP contribution >= 0.6 is 23.4 Å². The smallest absolute Gasteiger partial charge is 0.209 e. The number of hydrogen-bond acceptors (Lipinski definition) is 5. The molecule has 3 rings (SSSR count). The van der Waals surface area contributed by atoms with E-state index in [1.807, 2.05) is 58.0 Å². The number of halogens is 1. The summed E-state index contributed by atoms with van der Waals surface area (Å²) in [6, 6.07) is 11.3. The molecule has 2 aromatic carbocycles. The highest BCUT2D eigenvalue weighted by Crippen LogP contribution is 2.24. The minimum Gasteiger partial charge on any atom is -0.486 e. The SMILES string of the molecule is Cc1ccc(C(=O)[C@H](C)Sc2n[nH]c(COc3ccc(Cl)c(C)c3)n2)cc1C. The first kappa shape index (κ1) is 20.4. The van der Waals surface area contributed by atoms with Crippen LogP contribution < -0.4 is 4.74 Å². The Hall–Kier alpha value is -2.31. The molecule has 1 aromatic heterocycles. The number of hydrogen-bond donors (Lipinski definition) is 1. The Morgan fingerprint density at radius 1 is 1.14 bits per heavy atom. The topological polar surface area (TPSA) is 67.9 Å². The van der Waals surface area contributed by atoms with E-state index in [1.54, 1.807) is 6.07 Å². The van der Waals surface area contributed by atoms with Gasteiger partial charge in [0.1, 0.15) is 12.4 Å². The van der Waals surface area contributed by atoms with Crippen LogP contribution in [-0.2, 0) is 6.61 Å². The molecule has 0 saturated carbocycles. The zero-order chi connectivity index (χ0) is 20.3. The molecule has 1 heterocycles. The van der Waals surface area contributed by atoms with Gasteiger partial charge in [-0.2, -0.15) is 0 Å². The molecule has 0 amide bonds. The average Bonchev–Trinajstić information content (AvgIpc) is 3.11. The number of nitrogens with zero attached hydrogens (tertiary/aromatic N) is 2. The maximum atomic E-state index is 12.7. The third-order valence-electron chi connectivity index (χ3n) is 4.46. The molecule has 5 nitrogen and oxygen atoms in total. The van der Waals surface area contributed by atoms with Crippen LogP contribution in [0.1, 0.15) is 39.8 Å². The van der Waals surface area contributed by atoms with Gasteiger partial charge in [-0.15, -0.1) is 5.10 Å². The van der Waals surface area contributed by atoms with Gasteiger partial charge < -0.3 is 4.74 Å². The molecule has 7 heteroatoms. The predicted octanol–water partition coefficient (Wildman–Crippen LogP) is 5.33. The van der Waals surface area contributed by atoms with Crippen LogP contribution in [0.3, 0.4) is 0 Å². The highest BCUT2D eigenvalue weighted by Gasteiger charge is 2.19. The molecule has 0 radical (unpaired) electrons. The van der Waals surface area contributed by atoms with E-state index in [1.165, 1.54) is 17.3 Å². The number of carbonyl (C=O) groups is 1. The fourth-order valence-corrected chi connectivity index (χ4v) is 3.53. The van der Waals surface area contributed by atoms with E-state index >= 15 is 0 Å². The molecule has 0 saturated heterocycles. The number of carbonyl (C=O) groups excluding carboxylic acids is 1. The lowest BCUT2D eigenvalue weighted by Gasteiger charge is -2.09. The van der Waals surface area contributed by atoms with Gasteiger partial charge in [-0.05, 0) is 68.7 Å². The number of aromatic nitrogens is 3. The van der Waals surface area contributed by atoms with Crippen molar-refractivity contribution in [2.45, 2.75) is 44.7 Å². The number of aromatic amines is 1. The molecule has 0 bridgehead atoms. The Kier molecular flexibility index (Phi) is 6.42. The second-order valence-electron chi connectivity index (χ2n) is 6.69. The van der Waals surface area contributed by atoms with Crippen molar-refractivity contribution in [3.05, 3.63) is 69.5 Å². The molecule has 0 aliphatic carbocycles. The van der Waals surface area contributed by atoms with Gasteiger partial charge in [-0.1, -0.05) is 35.5 Å². The maximum absolute atomic E-state index is 12.7. The van der Waals surface area contributed by atoms with Crippen molar-refractivity contribution in [3.63, 3.8) is 0 Å². The summed E-state index contributed by atoms with van der Waals surface area (Å²) in [4.78, 5) is 17.1. The van der Waals surface area contributed by atoms with Gasteiger partial charge in [0, 0.05) is 10.6 Å². The van der Waals surface area contributed by atoms with Crippen molar-refractivity contribution in [2.24, 2.45) is 0 Å². The number of aryl methyl sites for hydroxylation is 3. The van der Waals surface area contributed by atoms with Gasteiger partial charge in [0.05, 0.1) is 5.25 Å². The van der Waals surface area contributed by atoms with Crippen molar-refractivity contribution >= 4 is 29.1 Å². The fourth-order valence-electron chi connectivity index (χ4n) is 2.59. The summed E-state index contributed by atoms with van der Waals surface area (Å²) in [5, 5.41) is 7.98. The molecule has 0 spiro atoms. The van der Waals surface area contributed by atoms with Crippen molar-refractivity contribution in [2.75, 3.05) is 0 Å². The third kappa shape index (κ3) is 4.94. The highest BCUT2D eigenvalue weighted by molar-refractivity contribution is 8.00. The summed E-state index contributed by atoms with van der Waals surface area (Å²) in [6.45, 7) is 8.09. The van der Waals surface area contributed by atoms with Gasteiger partial charge in [-0.3, -0.25) is 9.89 Å². The van der Waals surface area contributed by atoms with Gasteiger partial charge in [-0.25, -0.2) is 4.98 Å². The lowest BCUT2D eigenvalue weighted by molar-refractivity contribution is 0.0994. The van der Waals surface area contributed by atoms with Crippen LogP contribution in [0.2, 0.25) is 5.02 Å². The van der Waals surface area contributed by atoms with Crippen molar-refractivity contribution in [1.29, 1.82) is 0 Å². The number of benzene rings is 2. The van der Waals surface area contributed by atoms with Crippen molar-refractivity contribution in [3.8, 4) is 5.75 Å². The molecular weight excluding hydrogens is 394 g/mol. The lowest BCUT2D eigenvalue weighted by atomic mass is 10.0. The standard InChI is InChI=1S/C21H22ClN3O2S/c1-12-5-6-16(9-13(12)2)20(26)15(4)28-21-23-19(24-25-21)11-27-17-7-8-18(22)14(3)10-17/h5-10,15H,11H2,1-4H3,(H,23,24,25)/t15-/m0/s1. The van der Waals surface area contributed by atoms with E-state index in [4.69, 9.17) is 16.3 Å². The van der Waals surface area contributed by atoms with E-state index in [-0.39, 0.29) is 17.6 Å². The van der Waals surface area contributed by atoms with E-state index < -0.39 is 0 Å². The molecule has 3 aromatic rings. The first-order valence-corrected chi connectivity index (χ1v) is 10.2. The number of H-pyrrole nitrogens is 1. The zero-order valence-corrected chi connectivity index (χ0v) is 17.8. The Balaban J connectivity index is 1.59. The number of ketones is 1. The van der Waals surface area contributed by atoms with Crippen LogP contribution in [0.25, 0.3) is 0 Å².